The van der Waals surface area contributed by atoms with Crippen LogP contribution >= 0.6 is 0 Å². The standard InChI is InChI=1S/C18H17F3N4O/c19-18(20,21)14-9-15(23-10-22-14)25-7-5-11(6-8-25)16-12-3-1-2-4-13(12)24-17(16)26/h1-4,9-11,16H,5-8H2,(H,24,26). The first-order chi connectivity index (χ1) is 12.4. The predicted octanol–water partition coefficient (Wildman–Crippen LogP) is 3.45. The molecule has 136 valence electrons. The van der Waals surface area contributed by atoms with Gasteiger partial charge in [0, 0.05) is 24.8 Å². The number of nitrogens with zero attached hydrogens (tertiary/aromatic N) is 3. The Morgan fingerprint density at radius 3 is 2.58 bits per heavy atom. The van der Waals surface area contributed by atoms with Crippen molar-refractivity contribution >= 4 is 17.4 Å². The van der Waals surface area contributed by atoms with Gasteiger partial charge in [-0.1, -0.05) is 18.2 Å². The van der Waals surface area contributed by atoms with Crippen LogP contribution in [0, 0.1) is 5.92 Å². The maximum atomic E-state index is 12.8. The molecule has 5 nitrogen and oxygen atoms in total. The van der Waals surface area contributed by atoms with Gasteiger partial charge in [0.1, 0.15) is 17.8 Å². The number of para-hydroxylation sites is 1. The molecule has 1 saturated heterocycles. The molecule has 2 aromatic rings. The molecule has 4 rings (SSSR count). The van der Waals surface area contributed by atoms with Crippen LogP contribution in [0.5, 0.6) is 0 Å². The molecule has 1 N–H and O–H groups in total. The number of fused-ring (bicyclic) bond motifs is 1. The van der Waals surface area contributed by atoms with Gasteiger partial charge in [-0.15, -0.1) is 0 Å². The van der Waals surface area contributed by atoms with Gasteiger partial charge in [0.15, 0.2) is 0 Å². The minimum absolute atomic E-state index is 0.00560. The van der Waals surface area contributed by atoms with Gasteiger partial charge in [-0.05, 0) is 30.4 Å². The van der Waals surface area contributed by atoms with Crippen molar-refractivity contribution in [2.45, 2.75) is 24.9 Å². The Morgan fingerprint density at radius 2 is 1.85 bits per heavy atom. The summed E-state index contributed by atoms with van der Waals surface area (Å²) in [7, 11) is 0. The van der Waals surface area contributed by atoms with Gasteiger partial charge >= 0.3 is 6.18 Å². The second-order valence-electron chi connectivity index (χ2n) is 6.64. The van der Waals surface area contributed by atoms with Crippen molar-refractivity contribution in [3.63, 3.8) is 0 Å². The highest BCUT2D eigenvalue weighted by atomic mass is 19.4. The van der Waals surface area contributed by atoms with Crippen LogP contribution in [-0.2, 0) is 11.0 Å². The van der Waals surface area contributed by atoms with E-state index in [0.29, 0.717) is 13.1 Å². The van der Waals surface area contributed by atoms with Crippen LogP contribution in [0.1, 0.15) is 30.0 Å². The molecule has 0 radical (unpaired) electrons. The summed E-state index contributed by atoms with van der Waals surface area (Å²) in [5.41, 5.74) is 0.932. The molecule has 8 heteroatoms. The van der Waals surface area contributed by atoms with Crippen LogP contribution in [0.25, 0.3) is 0 Å². The van der Waals surface area contributed by atoms with Crippen LogP contribution in [0.15, 0.2) is 36.7 Å². The molecule has 1 fully saturated rings. The number of carbonyl (C=O) groups excluding carboxylic acids is 1. The Kier molecular flexibility index (Phi) is 4.05. The van der Waals surface area contributed by atoms with E-state index in [1.807, 2.05) is 29.2 Å². The Labute approximate surface area is 148 Å². The number of anilines is 2. The van der Waals surface area contributed by atoms with Crippen molar-refractivity contribution in [2.24, 2.45) is 5.92 Å². The molecule has 1 amide bonds. The first-order valence-electron chi connectivity index (χ1n) is 8.47. The zero-order valence-corrected chi connectivity index (χ0v) is 13.8. The minimum atomic E-state index is -4.48. The second-order valence-corrected chi connectivity index (χ2v) is 6.64. The van der Waals surface area contributed by atoms with Gasteiger partial charge in [-0.2, -0.15) is 13.2 Å². The number of alkyl halides is 3. The molecule has 1 unspecified atom stereocenters. The van der Waals surface area contributed by atoms with Gasteiger partial charge in [0.2, 0.25) is 5.91 Å². The Hall–Kier alpha value is -2.64. The number of carbonyl (C=O) groups is 1. The van der Waals surface area contributed by atoms with E-state index in [0.717, 1.165) is 36.5 Å². The van der Waals surface area contributed by atoms with Gasteiger partial charge in [-0.25, -0.2) is 9.97 Å². The van der Waals surface area contributed by atoms with Gasteiger partial charge in [-0.3, -0.25) is 4.79 Å². The summed E-state index contributed by atoms with van der Waals surface area (Å²) in [5.74, 6) is 0.261. The quantitative estimate of drug-likeness (QED) is 0.889. The summed E-state index contributed by atoms with van der Waals surface area (Å²) in [5, 5.41) is 2.91. The highest BCUT2D eigenvalue weighted by Crippen LogP contribution is 2.41. The fraction of sp³-hybridized carbons (Fsp3) is 0.389. The van der Waals surface area contributed by atoms with E-state index in [1.165, 1.54) is 0 Å². The molecule has 2 aliphatic rings. The third kappa shape index (κ3) is 3.00. The van der Waals surface area contributed by atoms with Gasteiger partial charge in [0.25, 0.3) is 0 Å². The van der Waals surface area contributed by atoms with Crippen molar-refractivity contribution in [2.75, 3.05) is 23.3 Å². The van der Waals surface area contributed by atoms with E-state index in [-0.39, 0.29) is 23.6 Å². The fourth-order valence-corrected chi connectivity index (χ4v) is 3.84. The largest absolute Gasteiger partial charge is 0.433 e. The lowest BCUT2D eigenvalue weighted by Gasteiger charge is -2.35. The summed E-state index contributed by atoms with van der Waals surface area (Å²) in [6.45, 7) is 1.12. The molecule has 0 spiro atoms. The molecule has 1 aromatic carbocycles. The van der Waals surface area contributed by atoms with E-state index in [2.05, 4.69) is 15.3 Å². The first-order valence-corrected chi connectivity index (χ1v) is 8.47. The lowest BCUT2D eigenvalue weighted by Crippen LogP contribution is -2.37. The van der Waals surface area contributed by atoms with E-state index in [4.69, 9.17) is 0 Å². The maximum Gasteiger partial charge on any atom is 0.433 e. The number of halogens is 3. The van der Waals surface area contributed by atoms with Crippen molar-refractivity contribution in [3.05, 3.63) is 47.9 Å². The van der Waals surface area contributed by atoms with Gasteiger partial charge < -0.3 is 10.2 Å². The zero-order valence-electron chi connectivity index (χ0n) is 13.8. The zero-order chi connectivity index (χ0) is 18.3. The molecule has 0 aliphatic carbocycles. The SMILES string of the molecule is O=C1Nc2ccccc2C1C1CCN(c2cc(C(F)(F)F)ncn2)CC1. The molecular formula is C18H17F3N4O. The summed E-state index contributed by atoms with van der Waals surface area (Å²) < 4.78 is 38.5. The Bertz CT molecular complexity index is 831. The topological polar surface area (TPSA) is 58.1 Å². The molecule has 0 bridgehead atoms. The lowest BCUT2D eigenvalue weighted by atomic mass is 9.81. The molecule has 0 saturated carbocycles. The summed E-state index contributed by atoms with van der Waals surface area (Å²) in [4.78, 5) is 21.5. The van der Waals surface area contributed by atoms with E-state index >= 15 is 0 Å². The number of hydrogen-bond donors (Lipinski definition) is 1. The van der Waals surface area contributed by atoms with E-state index in [9.17, 15) is 18.0 Å². The minimum Gasteiger partial charge on any atom is -0.356 e. The smallest absolute Gasteiger partial charge is 0.356 e. The average Bonchev–Trinajstić information content (AvgIpc) is 2.97. The molecule has 3 heterocycles. The number of benzene rings is 1. The highest BCUT2D eigenvalue weighted by molar-refractivity contribution is 6.03. The summed E-state index contributed by atoms with van der Waals surface area (Å²) >= 11 is 0. The third-order valence-corrected chi connectivity index (χ3v) is 5.11. The molecule has 1 aromatic heterocycles. The lowest BCUT2D eigenvalue weighted by molar-refractivity contribution is -0.141. The number of piperidine rings is 1. The molecule has 26 heavy (non-hydrogen) atoms. The third-order valence-electron chi connectivity index (χ3n) is 5.11. The molecule has 2 aliphatic heterocycles. The van der Waals surface area contributed by atoms with Crippen LogP contribution < -0.4 is 10.2 Å². The van der Waals surface area contributed by atoms with Crippen LogP contribution in [0.4, 0.5) is 24.7 Å². The Balaban J connectivity index is 1.48. The Morgan fingerprint density at radius 1 is 1.12 bits per heavy atom. The predicted molar refractivity (Wildman–Crippen MR) is 89.8 cm³/mol. The number of rotatable bonds is 2. The summed E-state index contributed by atoms with van der Waals surface area (Å²) in [6.07, 6.45) is -2.10. The van der Waals surface area contributed by atoms with Crippen molar-refractivity contribution in [1.29, 1.82) is 0 Å². The van der Waals surface area contributed by atoms with Gasteiger partial charge in [0.05, 0.1) is 5.92 Å². The van der Waals surface area contributed by atoms with Crippen molar-refractivity contribution in [1.82, 2.24) is 9.97 Å². The summed E-state index contributed by atoms with van der Waals surface area (Å²) in [6, 6.07) is 8.64. The van der Waals surface area contributed by atoms with Crippen LogP contribution in [0.3, 0.4) is 0 Å². The monoisotopic (exact) mass is 362 g/mol. The maximum absolute atomic E-state index is 12.8. The highest BCUT2D eigenvalue weighted by Gasteiger charge is 2.38. The number of nitrogens with one attached hydrogen (secondary N) is 1. The van der Waals surface area contributed by atoms with Crippen molar-refractivity contribution in [3.8, 4) is 0 Å². The first kappa shape index (κ1) is 16.8. The van der Waals surface area contributed by atoms with E-state index in [1.54, 1.807) is 0 Å². The average molecular weight is 362 g/mol. The fourth-order valence-electron chi connectivity index (χ4n) is 3.84. The normalized spacial score (nSPS) is 20.8. The van der Waals surface area contributed by atoms with Crippen LogP contribution in [-0.4, -0.2) is 29.0 Å². The van der Waals surface area contributed by atoms with Crippen molar-refractivity contribution < 1.29 is 18.0 Å². The number of amides is 1. The van der Waals surface area contributed by atoms with Crippen LogP contribution in [0.2, 0.25) is 0 Å². The van der Waals surface area contributed by atoms with E-state index < -0.39 is 11.9 Å². The molecule has 1 atom stereocenters. The number of hydrogen-bond acceptors (Lipinski definition) is 4. The second kappa shape index (κ2) is 6.26. The molecular weight excluding hydrogens is 345 g/mol. The number of aromatic nitrogens is 2.